The monoisotopic (exact) mass is 421 g/mol. The molecular weight excluding hydrogens is 378 g/mol. The summed E-state index contributed by atoms with van der Waals surface area (Å²) in [6.45, 7) is 5.65. The molecule has 0 radical (unpaired) electrons. The minimum atomic E-state index is -0.241. The number of nitrogens with zero attached hydrogens (tertiary/aromatic N) is 1. The summed E-state index contributed by atoms with van der Waals surface area (Å²) in [4.78, 5) is 32.9. The smallest absolute Gasteiger partial charge is 0.310 e. The molecule has 0 N–H and O–H groups in total. The van der Waals surface area contributed by atoms with Gasteiger partial charge in [-0.15, -0.1) is 0 Å². The normalized spacial score (nSPS) is 12.7. The van der Waals surface area contributed by atoms with Crippen LogP contribution in [0.15, 0.2) is 25.0 Å². The molecule has 0 saturated heterocycles. The summed E-state index contributed by atoms with van der Waals surface area (Å²) in [6.07, 6.45) is 24.4. The quantitative estimate of drug-likeness (QED) is 0.117. The van der Waals surface area contributed by atoms with E-state index in [1.165, 1.54) is 109 Å². The number of hydrogen-bond donors (Lipinski definition) is 0. The number of amides is 2. The molecule has 1 aliphatic rings. The van der Waals surface area contributed by atoms with Gasteiger partial charge in [-0.25, -0.2) is 0 Å². The van der Waals surface area contributed by atoms with E-state index in [4.69, 9.17) is 0 Å². The zero-order valence-corrected chi connectivity index (χ0v) is 19.3. The van der Waals surface area contributed by atoms with Crippen LogP contribution in [0.3, 0.4) is 0 Å². The molecule has 1 heterocycles. The molecule has 5 nitrogen and oxygen atoms in total. The second kappa shape index (κ2) is 20.4. The third-order valence-electron chi connectivity index (χ3n) is 5.23. The van der Waals surface area contributed by atoms with Crippen molar-refractivity contribution in [1.29, 1.82) is 0 Å². The van der Waals surface area contributed by atoms with E-state index < -0.39 is 0 Å². The lowest BCUT2D eigenvalue weighted by molar-refractivity contribution is -0.138. The second-order valence-corrected chi connectivity index (χ2v) is 7.93. The Morgan fingerprint density at radius 3 is 1.47 bits per heavy atom. The Hall–Kier alpha value is -1.91. The number of likely N-dealkylation sites (N-methyl/N-ethyl adjacent to an activating group) is 1. The van der Waals surface area contributed by atoms with E-state index in [0.29, 0.717) is 6.42 Å². The standard InChI is InChI=1S/C20H38O2.C5H5NO2/c1-3-5-6-7-8-9-10-11-12-13-14-15-16-17-18-19-20(21)22-4-2;1-6-4(7)2-3-5(6)8/h4H,2-3,5-19H2,1H3;2-3H,1H3. The molecule has 0 aliphatic carbocycles. The number of carbonyl (C=O) groups is 3. The highest BCUT2D eigenvalue weighted by Crippen LogP contribution is 2.13. The Labute approximate surface area is 183 Å². The molecule has 0 bridgehead atoms. The molecule has 2 amide bonds. The molecule has 172 valence electrons. The van der Waals surface area contributed by atoms with Gasteiger partial charge in [-0.3, -0.25) is 19.3 Å². The first-order chi connectivity index (χ1) is 14.5. The molecule has 0 saturated carbocycles. The van der Waals surface area contributed by atoms with E-state index in [-0.39, 0.29) is 17.8 Å². The third kappa shape index (κ3) is 17.0. The summed E-state index contributed by atoms with van der Waals surface area (Å²) in [6, 6.07) is 0. The summed E-state index contributed by atoms with van der Waals surface area (Å²) in [7, 11) is 1.45. The van der Waals surface area contributed by atoms with E-state index in [1.807, 2.05) is 0 Å². The van der Waals surface area contributed by atoms with Crippen LogP contribution >= 0.6 is 0 Å². The van der Waals surface area contributed by atoms with Crippen molar-refractivity contribution in [1.82, 2.24) is 4.90 Å². The summed E-state index contributed by atoms with van der Waals surface area (Å²) in [5.41, 5.74) is 0. The third-order valence-corrected chi connectivity index (χ3v) is 5.23. The van der Waals surface area contributed by atoms with Gasteiger partial charge < -0.3 is 4.74 Å². The van der Waals surface area contributed by atoms with E-state index in [2.05, 4.69) is 18.2 Å². The summed E-state index contributed by atoms with van der Waals surface area (Å²) < 4.78 is 4.69. The lowest BCUT2D eigenvalue weighted by atomic mass is 10.0. The molecule has 0 aromatic heterocycles. The van der Waals surface area contributed by atoms with Gasteiger partial charge in [0, 0.05) is 25.6 Å². The van der Waals surface area contributed by atoms with Gasteiger partial charge in [0.05, 0.1) is 6.26 Å². The number of carbonyl (C=O) groups excluding carboxylic acids is 3. The van der Waals surface area contributed by atoms with Crippen molar-refractivity contribution in [2.75, 3.05) is 7.05 Å². The summed E-state index contributed by atoms with van der Waals surface area (Å²) in [5, 5.41) is 0. The van der Waals surface area contributed by atoms with Crippen LogP contribution in [0.1, 0.15) is 110 Å². The minimum Gasteiger partial charge on any atom is -0.435 e. The van der Waals surface area contributed by atoms with Gasteiger partial charge in [0.1, 0.15) is 0 Å². The number of esters is 1. The van der Waals surface area contributed by atoms with Crippen molar-refractivity contribution in [2.45, 2.75) is 110 Å². The lowest BCUT2D eigenvalue weighted by Gasteiger charge is -2.03. The Balaban J connectivity index is 0.000000867. The number of hydrogen-bond acceptors (Lipinski definition) is 4. The molecule has 5 heteroatoms. The first-order valence-electron chi connectivity index (χ1n) is 11.8. The first kappa shape index (κ1) is 28.1. The van der Waals surface area contributed by atoms with Crippen LogP contribution in [0.25, 0.3) is 0 Å². The van der Waals surface area contributed by atoms with Crippen molar-refractivity contribution in [2.24, 2.45) is 0 Å². The molecule has 30 heavy (non-hydrogen) atoms. The first-order valence-corrected chi connectivity index (χ1v) is 11.8. The second-order valence-electron chi connectivity index (χ2n) is 7.93. The minimum absolute atomic E-state index is 0.148. The molecule has 0 spiro atoms. The van der Waals surface area contributed by atoms with Crippen LogP contribution in [0, 0.1) is 0 Å². The van der Waals surface area contributed by atoms with Gasteiger partial charge in [-0.05, 0) is 6.42 Å². The highest BCUT2D eigenvalue weighted by molar-refractivity contribution is 6.12. The van der Waals surface area contributed by atoms with Crippen LogP contribution in [-0.2, 0) is 19.1 Å². The maximum atomic E-state index is 11.1. The SMILES string of the molecule is C=COC(=O)CCCCCCCCCCCCCCCCC.CN1C(=O)C=CC1=O. The van der Waals surface area contributed by atoms with Gasteiger partial charge in [-0.2, -0.15) is 0 Å². The Morgan fingerprint density at radius 2 is 1.17 bits per heavy atom. The largest absolute Gasteiger partial charge is 0.435 e. The molecule has 0 fully saturated rings. The number of ether oxygens (including phenoxy) is 1. The summed E-state index contributed by atoms with van der Waals surface area (Å²) in [5.74, 6) is -0.630. The zero-order valence-electron chi connectivity index (χ0n) is 19.3. The van der Waals surface area contributed by atoms with Gasteiger partial charge >= 0.3 is 5.97 Å². The maximum Gasteiger partial charge on any atom is 0.310 e. The molecule has 1 aliphatic heterocycles. The van der Waals surface area contributed by atoms with E-state index in [0.717, 1.165) is 17.7 Å². The Bertz CT molecular complexity index is 495. The molecule has 0 unspecified atom stereocenters. The number of imide groups is 1. The molecule has 0 atom stereocenters. The maximum absolute atomic E-state index is 11.1. The fourth-order valence-corrected chi connectivity index (χ4v) is 3.27. The van der Waals surface area contributed by atoms with Gasteiger partial charge in [0.2, 0.25) is 0 Å². The van der Waals surface area contributed by atoms with Gasteiger partial charge in [0.15, 0.2) is 0 Å². The lowest BCUT2D eigenvalue weighted by Crippen LogP contribution is -2.24. The van der Waals surface area contributed by atoms with E-state index in [1.54, 1.807) is 0 Å². The number of unbranched alkanes of at least 4 members (excludes halogenated alkanes) is 14. The van der Waals surface area contributed by atoms with Gasteiger partial charge in [0.25, 0.3) is 11.8 Å². The topological polar surface area (TPSA) is 63.7 Å². The van der Waals surface area contributed by atoms with E-state index in [9.17, 15) is 14.4 Å². The summed E-state index contributed by atoms with van der Waals surface area (Å²) >= 11 is 0. The molecule has 1 rings (SSSR count). The molecule has 0 aromatic rings. The van der Waals surface area contributed by atoms with Crippen molar-refractivity contribution < 1.29 is 19.1 Å². The van der Waals surface area contributed by atoms with Crippen LogP contribution < -0.4 is 0 Å². The molecule has 0 aromatic carbocycles. The predicted octanol–water partition coefficient (Wildman–Crippen LogP) is 6.48. The van der Waals surface area contributed by atoms with Crippen LogP contribution in [-0.4, -0.2) is 29.7 Å². The molecular formula is C25H43NO4. The van der Waals surface area contributed by atoms with Crippen molar-refractivity contribution in [3.05, 3.63) is 25.0 Å². The Morgan fingerprint density at radius 1 is 0.800 bits per heavy atom. The highest BCUT2D eigenvalue weighted by Gasteiger charge is 2.17. The van der Waals surface area contributed by atoms with Crippen LogP contribution in [0.4, 0.5) is 0 Å². The average Bonchev–Trinajstić information content (AvgIpc) is 3.02. The fourth-order valence-electron chi connectivity index (χ4n) is 3.27. The van der Waals surface area contributed by atoms with Crippen molar-refractivity contribution >= 4 is 17.8 Å². The van der Waals surface area contributed by atoms with Crippen molar-refractivity contribution in [3.8, 4) is 0 Å². The average molecular weight is 422 g/mol. The zero-order chi connectivity index (χ0) is 22.5. The predicted molar refractivity (Wildman–Crippen MR) is 123 cm³/mol. The highest BCUT2D eigenvalue weighted by atomic mass is 16.5. The van der Waals surface area contributed by atoms with Crippen molar-refractivity contribution in [3.63, 3.8) is 0 Å². The number of rotatable bonds is 17. The van der Waals surface area contributed by atoms with Crippen LogP contribution in [0.5, 0.6) is 0 Å². The van der Waals surface area contributed by atoms with Gasteiger partial charge in [-0.1, -0.05) is 103 Å². The Kier molecular flexibility index (Phi) is 19.1. The van der Waals surface area contributed by atoms with Crippen LogP contribution in [0.2, 0.25) is 0 Å². The van der Waals surface area contributed by atoms with E-state index >= 15 is 0 Å². The fraction of sp³-hybridized carbons (Fsp3) is 0.720.